The Morgan fingerprint density at radius 3 is 2.83 bits per heavy atom. The average Bonchev–Trinajstić information content (AvgIpc) is 2.96. The van der Waals surface area contributed by atoms with E-state index < -0.39 is 16.6 Å². The van der Waals surface area contributed by atoms with Gasteiger partial charge in [0.1, 0.15) is 5.60 Å². The molecule has 1 aromatic heterocycles. The van der Waals surface area contributed by atoms with Gasteiger partial charge < -0.3 is 25.1 Å². The zero-order chi connectivity index (χ0) is 16.8. The summed E-state index contributed by atoms with van der Waals surface area (Å²) in [5.74, 6) is 0.213. The Morgan fingerprint density at radius 1 is 1.52 bits per heavy atom. The number of piperidine rings is 1. The molecule has 1 saturated carbocycles. The van der Waals surface area contributed by atoms with Crippen molar-refractivity contribution in [3.05, 3.63) is 28.4 Å². The van der Waals surface area contributed by atoms with Gasteiger partial charge in [-0.3, -0.25) is 0 Å². The zero-order valence-corrected chi connectivity index (χ0v) is 13.4. The number of anilines is 1. The second kappa shape index (κ2) is 5.07. The van der Waals surface area contributed by atoms with Crippen LogP contribution in [-0.2, 0) is 4.74 Å². The highest BCUT2D eigenvalue weighted by atomic mass is 16.6. The standard InChI is InChI=1S/C15H20N4O4/c1-14(2,3)23-13(20)17-15-6-10(15)8-18(9-15)11-4-5-12(16-7-11)19(21)22/h4-5,7,10H,6,8-9H2,1-3H3,(H,17,20). The molecule has 1 saturated heterocycles. The molecule has 1 amide bonds. The molecule has 1 N–H and O–H groups in total. The van der Waals surface area contributed by atoms with Crippen molar-refractivity contribution in [1.82, 2.24) is 10.3 Å². The van der Waals surface area contributed by atoms with Crippen molar-refractivity contribution in [2.75, 3.05) is 18.0 Å². The minimum atomic E-state index is -0.522. The van der Waals surface area contributed by atoms with Crippen molar-refractivity contribution in [2.24, 2.45) is 5.92 Å². The number of hydrogen-bond donors (Lipinski definition) is 1. The molecule has 8 heteroatoms. The summed E-state index contributed by atoms with van der Waals surface area (Å²) in [4.78, 5) is 28.0. The molecule has 2 atom stereocenters. The molecule has 0 radical (unpaired) electrons. The minimum Gasteiger partial charge on any atom is -0.444 e. The average molecular weight is 320 g/mol. The lowest BCUT2D eigenvalue weighted by molar-refractivity contribution is -0.389. The van der Waals surface area contributed by atoms with Crippen molar-refractivity contribution in [1.29, 1.82) is 0 Å². The quantitative estimate of drug-likeness (QED) is 0.676. The topological polar surface area (TPSA) is 97.6 Å². The molecule has 1 aromatic rings. The van der Waals surface area contributed by atoms with Gasteiger partial charge in [-0.1, -0.05) is 0 Å². The number of nitro groups is 1. The van der Waals surface area contributed by atoms with E-state index in [4.69, 9.17) is 4.74 Å². The van der Waals surface area contributed by atoms with Gasteiger partial charge in [0.25, 0.3) is 0 Å². The Balaban J connectivity index is 1.62. The second-order valence-corrected chi connectivity index (χ2v) is 7.20. The molecule has 8 nitrogen and oxygen atoms in total. The van der Waals surface area contributed by atoms with E-state index >= 15 is 0 Å². The molecule has 3 rings (SSSR count). The van der Waals surface area contributed by atoms with Gasteiger partial charge >= 0.3 is 11.9 Å². The van der Waals surface area contributed by atoms with Crippen LogP contribution in [0.2, 0.25) is 0 Å². The van der Waals surface area contributed by atoms with Gasteiger partial charge in [0.2, 0.25) is 0 Å². The molecule has 2 aliphatic rings. The van der Waals surface area contributed by atoms with E-state index in [1.54, 1.807) is 6.07 Å². The van der Waals surface area contributed by atoms with Gasteiger partial charge in [-0.2, -0.15) is 0 Å². The molecule has 1 aliphatic heterocycles. The Kier molecular flexibility index (Phi) is 3.42. The number of hydrogen-bond acceptors (Lipinski definition) is 6. The molecular weight excluding hydrogens is 300 g/mol. The van der Waals surface area contributed by atoms with Crippen LogP contribution in [0.3, 0.4) is 0 Å². The lowest BCUT2D eigenvalue weighted by Gasteiger charge is -2.25. The van der Waals surface area contributed by atoms with Crippen LogP contribution in [0.4, 0.5) is 16.3 Å². The maximum Gasteiger partial charge on any atom is 0.408 e. The normalized spacial score (nSPS) is 25.7. The molecule has 124 valence electrons. The van der Waals surface area contributed by atoms with E-state index in [1.165, 1.54) is 12.3 Å². The number of aromatic nitrogens is 1. The van der Waals surface area contributed by atoms with Crippen molar-refractivity contribution in [2.45, 2.75) is 38.3 Å². The predicted octanol–water partition coefficient (Wildman–Crippen LogP) is 2.09. The van der Waals surface area contributed by atoms with Crippen LogP contribution >= 0.6 is 0 Å². The SMILES string of the molecule is CC(C)(C)OC(=O)NC12CC1CN(c1ccc([N+](=O)[O-])nc1)C2. The first-order chi connectivity index (χ1) is 10.7. The monoisotopic (exact) mass is 320 g/mol. The van der Waals surface area contributed by atoms with Gasteiger partial charge in [-0.25, -0.2) is 4.79 Å². The van der Waals surface area contributed by atoms with E-state index in [2.05, 4.69) is 15.2 Å². The highest BCUT2D eigenvalue weighted by Crippen LogP contribution is 2.50. The largest absolute Gasteiger partial charge is 0.444 e. The van der Waals surface area contributed by atoms with Gasteiger partial charge in [0, 0.05) is 25.1 Å². The van der Waals surface area contributed by atoms with Crippen LogP contribution in [-0.4, -0.2) is 40.2 Å². The van der Waals surface area contributed by atoms with Crippen molar-refractivity contribution in [3.63, 3.8) is 0 Å². The number of pyridine rings is 1. The van der Waals surface area contributed by atoms with Crippen molar-refractivity contribution < 1.29 is 14.5 Å². The number of nitrogens with zero attached hydrogens (tertiary/aromatic N) is 3. The van der Waals surface area contributed by atoms with Crippen LogP contribution < -0.4 is 10.2 Å². The van der Waals surface area contributed by atoms with Gasteiger partial charge in [0.05, 0.1) is 11.2 Å². The third-order valence-corrected chi connectivity index (χ3v) is 4.18. The number of fused-ring (bicyclic) bond motifs is 1. The molecular formula is C15H20N4O4. The van der Waals surface area contributed by atoms with Crippen LogP contribution in [0.1, 0.15) is 27.2 Å². The summed E-state index contributed by atoms with van der Waals surface area (Å²) in [6, 6.07) is 3.09. The molecule has 2 unspecified atom stereocenters. The first kappa shape index (κ1) is 15.5. The highest BCUT2D eigenvalue weighted by Gasteiger charge is 2.61. The number of rotatable bonds is 3. The molecule has 2 fully saturated rings. The molecule has 23 heavy (non-hydrogen) atoms. The first-order valence-corrected chi connectivity index (χ1v) is 7.55. The number of carbonyl (C=O) groups is 1. The summed E-state index contributed by atoms with van der Waals surface area (Å²) >= 11 is 0. The Bertz CT molecular complexity index is 640. The van der Waals surface area contributed by atoms with Crippen LogP contribution in [0.15, 0.2) is 18.3 Å². The summed E-state index contributed by atoms with van der Waals surface area (Å²) < 4.78 is 5.32. The number of alkyl carbamates (subject to hydrolysis) is 1. The minimum absolute atomic E-state index is 0.167. The number of ether oxygens (including phenoxy) is 1. The predicted molar refractivity (Wildman–Crippen MR) is 83.3 cm³/mol. The Hall–Kier alpha value is -2.38. The molecule has 1 aliphatic carbocycles. The molecule has 2 heterocycles. The van der Waals surface area contributed by atoms with Gasteiger partial charge in [0.15, 0.2) is 6.20 Å². The first-order valence-electron chi connectivity index (χ1n) is 7.55. The van der Waals surface area contributed by atoms with Crippen molar-refractivity contribution >= 4 is 17.6 Å². The van der Waals surface area contributed by atoms with Crippen molar-refractivity contribution in [3.8, 4) is 0 Å². The van der Waals surface area contributed by atoms with E-state index in [0.717, 1.165) is 18.7 Å². The highest BCUT2D eigenvalue weighted by molar-refractivity contribution is 5.70. The Labute approximate surface area is 134 Å². The summed E-state index contributed by atoms with van der Waals surface area (Å²) in [6.45, 7) is 6.96. The summed E-state index contributed by atoms with van der Waals surface area (Å²) in [5.41, 5.74) is 0.0589. The lowest BCUT2D eigenvalue weighted by atomic mass is 10.2. The third-order valence-electron chi connectivity index (χ3n) is 4.18. The van der Waals surface area contributed by atoms with Crippen LogP contribution in [0, 0.1) is 16.0 Å². The summed E-state index contributed by atoms with van der Waals surface area (Å²) in [5, 5.41) is 13.6. The number of carbonyl (C=O) groups excluding carboxylic acids is 1. The van der Waals surface area contributed by atoms with E-state index in [-0.39, 0.29) is 11.4 Å². The lowest BCUT2D eigenvalue weighted by Crippen LogP contribution is -2.44. The molecule has 0 spiro atoms. The maximum atomic E-state index is 12.0. The van der Waals surface area contributed by atoms with Gasteiger partial charge in [-0.05, 0) is 43.2 Å². The number of nitrogens with one attached hydrogen (secondary N) is 1. The molecule has 0 aromatic carbocycles. The van der Waals surface area contributed by atoms with E-state index in [1.807, 2.05) is 20.8 Å². The fourth-order valence-electron chi connectivity index (χ4n) is 3.05. The zero-order valence-electron chi connectivity index (χ0n) is 13.4. The van der Waals surface area contributed by atoms with Crippen LogP contribution in [0.25, 0.3) is 0 Å². The Morgan fingerprint density at radius 2 is 2.26 bits per heavy atom. The van der Waals surface area contributed by atoms with E-state index in [9.17, 15) is 14.9 Å². The van der Waals surface area contributed by atoms with E-state index in [0.29, 0.717) is 12.5 Å². The summed E-state index contributed by atoms with van der Waals surface area (Å²) in [7, 11) is 0. The number of amides is 1. The second-order valence-electron chi connectivity index (χ2n) is 7.20. The molecule has 0 bridgehead atoms. The van der Waals surface area contributed by atoms with Gasteiger partial charge in [-0.15, -0.1) is 0 Å². The summed E-state index contributed by atoms with van der Waals surface area (Å²) in [6.07, 6.45) is 2.04. The third kappa shape index (κ3) is 3.20. The smallest absolute Gasteiger partial charge is 0.408 e. The fraction of sp³-hybridized carbons (Fsp3) is 0.600. The fourth-order valence-corrected chi connectivity index (χ4v) is 3.05. The van der Waals surface area contributed by atoms with Crippen LogP contribution in [0.5, 0.6) is 0 Å². The maximum absolute atomic E-state index is 12.0.